The van der Waals surface area contributed by atoms with Crippen LogP contribution in [0.25, 0.3) is 254 Å². The van der Waals surface area contributed by atoms with Crippen LogP contribution in [0.4, 0.5) is 0 Å². The molecule has 0 saturated carbocycles. The summed E-state index contributed by atoms with van der Waals surface area (Å²) in [5.41, 5.74) is 34.1. The van der Waals surface area contributed by atoms with Crippen LogP contribution in [0.2, 0.25) is 0 Å². The van der Waals surface area contributed by atoms with Gasteiger partial charge in [0.05, 0.1) is 94.0 Å². The van der Waals surface area contributed by atoms with E-state index in [1.165, 1.54) is 186 Å². The van der Waals surface area contributed by atoms with Crippen molar-refractivity contribution in [3.05, 3.63) is 516 Å². The molecular weight excluding hydrogens is 1700 g/mol. The van der Waals surface area contributed by atoms with Crippen LogP contribution in [0.5, 0.6) is 0 Å². The van der Waals surface area contributed by atoms with Crippen molar-refractivity contribution in [1.29, 1.82) is 0 Å². The molecule has 0 unspecified atom stereocenters. The van der Waals surface area contributed by atoms with Crippen LogP contribution in [0, 0.1) is 0 Å². The fraction of sp³-hybridized carbons (Fsp3) is 0. The molecule has 0 spiro atoms. The minimum absolute atomic E-state index is 0.916. The van der Waals surface area contributed by atoms with Gasteiger partial charge in [0.25, 0.3) is 0 Å². The van der Waals surface area contributed by atoms with Crippen molar-refractivity contribution in [2.24, 2.45) is 0 Å². The molecule has 0 N–H and O–H groups in total. The predicted molar refractivity (Wildman–Crippen MR) is 588 cm³/mol. The standard InChI is InChI=1S/2C48H31N3.C35H23N3/c1-3-17-33(18-4-1)49-42-28-13-9-24-38(42)47-44(49)31-45-48(39-25-10-14-29-43(39)50(45)34-19-5-2-6-20-34)46(47)32-16-15-21-35(30-32)51-40-26-11-7-22-36(40)37-23-8-12-27-41(37)51;1-3-15-33(16-4-1)50-42-25-13-9-21-38(42)47-44(50)31-45-48(39-22-10-14-26-43(39)51(45)34-17-5-2-6-18-34)46(47)32-27-29-35(30-28-32)49-40-23-11-7-19-36(40)37-20-8-12-24-41(37)49;1-3-12-24(13-4-1)30-18-11-21-35(36-30)38-32-20-10-8-17-27(32)29-22-28-26-16-7-9-19-31(26)37(33(28)23-34(29)38)25-14-5-2-6-15-25/h2*1-31H;1-23H. The average Bonchev–Trinajstić information content (AvgIpc) is 1.53. The van der Waals surface area contributed by atoms with E-state index in [0.29, 0.717) is 0 Å². The van der Waals surface area contributed by atoms with Gasteiger partial charge in [0.2, 0.25) is 0 Å². The lowest BCUT2D eigenvalue weighted by Gasteiger charge is -2.14. The molecule has 21 aromatic carbocycles. The van der Waals surface area contributed by atoms with Crippen molar-refractivity contribution < 1.29 is 0 Å². The fourth-order valence-corrected chi connectivity index (χ4v) is 23.0. The first-order valence-corrected chi connectivity index (χ1v) is 48.0. The molecule has 9 heterocycles. The first-order chi connectivity index (χ1) is 69.6. The van der Waals surface area contributed by atoms with E-state index < -0.39 is 0 Å². The van der Waals surface area contributed by atoms with Crippen LogP contribution in [0.1, 0.15) is 0 Å². The van der Waals surface area contributed by atoms with Crippen LogP contribution in [0.3, 0.4) is 0 Å². The van der Waals surface area contributed by atoms with E-state index in [-0.39, 0.29) is 0 Å². The molecule has 0 atom stereocenters. The van der Waals surface area contributed by atoms with Crippen LogP contribution in [-0.2, 0) is 0 Å². The van der Waals surface area contributed by atoms with Crippen LogP contribution in [0.15, 0.2) is 516 Å². The van der Waals surface area contributed by atoms with E-state index in [1.807, 2.05) is 6.07 Å². The lowest BCUT2D eigenvalue weighted by molar-refractivity contribution is 1.08. The van der Waals surface area contributed by atoms with Gasteiger partial charge in [-0.15, -0.1) is 0 Å². The van der Waals surface area contributed by atoms with E-state index in [0.717, 1.165) is 67.9 Å². The van der Waals surface area contributed by atoms with Crippen LogP contribution in [-0.4, -0.2) is 41.5 Å². The SMILES string of the molecule is c1ccc(-c2cccc(-n3c4ccccc4c4cc5c6ccccc6n(-c6ccccc6)c5cc43)n2)cc1.c1ccc(-n2c3ccccc3c3c(-c4ccc(-n5c6ccccc6c6ccccc65)cc4)c4c5ccccc5n(-c5ccccc5)c4cc32)cc1.c1ccc(-n2c3ccccc3c3c(-c4cccc(-n5c6ccccc6c6ccccc65)c4)c4c5ccccc5n(-c5ccccc5)c4cc32)cc1. The smallest absolute Gasteiger partial charge is 0.138 e. The zero-order valence-electron chi connectivity index (χ0n) is 76.1. The second kappa shape index (κ2) is 32.5. The number of para-hydroxylation sites is 15. The number of benzene rings is 21. The fourth-order valence-electron chi connectivity index (χ4n) is 23.0. The summed E-state index contributed by atoms with van der Waals surface area (Å²) in [7, 11) is 0. The Morgan fingerprint density at radius 1 is 0.121 bits per heavy atom. The van der Waals surface area contributed by atoms with E-state index in [4.69, 9.17) is 4.98 Å². The van der Waals surface area contributed by atoms with E-state index in [1.54, 1.807) is 0 Å². The van der Waals surface area contributed by atoms with Crippen LogP contribution >= 0.6 is 0 Å². The van der Waals surface area contributed by atoms with Crippen molar-refractivity contribution in [3.8, 4) is 79.1 Å². The van der Waals surface area contributed by atoms with Crippen molar-refractivity contribution in [2.75, 3.05) is 0 Å². The Morgan fingerprint density at radius 3 is 0.700 bits per heavy atom. The molecule has 9 aromatic heterocycles. The molecule has 30 rings (SSSR count). The van der Waals surface area contributed by atoms with Gasteiger partial charge < -0.3 is 32.0 Å². The number of rotatable bonds is 11. The molecule has 654 valence electrons. The summed E-state index contributed by atoms with van der Waals surface area (Å²) in [5.74, 6) is 0.916. The van der Waals surface area contributed by atoms with E-state index in [9.17, 15) is 0 Å². The maximum absolute atomic E-state index is 5.15. The molecule has 0 aliphatic carbocycles. The van der Waals surface area contributed by atoms with Gasteiger partial charge >= 0.3 is 0 Å². The molecule has 0 aliphatic rings. The topological polar surface area (TPSA) is 52.3 Å². The largest absolute Gasteiger partial charge is 0.309 e. The summed E-state index contributed by atoms with van der Waals surface area (Å²) >= 11 is 0. The third kappa shape index (κ3) is 12.5. The van der Waals surface area contributed by atoms with Crippen molar-refractivity contribution in [2.45, 2.75) is 0 Å². The number of nitrogens with zero attached hydrogens (tertiary/aromatic N) is 9. The highest BCUT2D eigenvalue weighted by atomic mass is 15.1. The number of pyridine rings is 1. The third-order valence-electron chi connectivity index (χ3n) is 28.7. The molecule has 0 fully saturated rings. The van der Waals surface area contributed by atoms with Crippen molar-refractivity contribution >= 4 is 174 Å². The lowest BCUT2D eigenvalue weighted by atomic mass is 9.94. The van der Waals surface area contributed by atoms with Crippen molar-refractivity contribution in [1.82, 2.24) is 41.5 Å². The quantitative estimate of drug-likeness (QED) is 0.127. The highest BCUT2D eigenvalue weighted by Gasteiger charge is 2.29. The predicted octanol–water partition coefficient (Wildman–Crippen LogP) is 34.2. The summed E-state index contributed by atoms with van der Waals surface area (Å²) in [6.45, 7) is 0. The maximum atomic E-state index is 5.15. The number of fused-ring (bicyclic) bond motifs is 24. The minimum Gasteiger partial charge on any atom is -0.309 e. The van der Waals surface area contributed by atoms with E-state index >= 15 is 0 Å². The zero-order valence-corrected chi connectivity index (χ0v) is 76.1. The van der Waals surface area contributed by atoms with Gasteiger partial charge in [-0.1, -0.05) is 334 Å². The van der Waals surface area contributed by atoms with E-state index in [2.05, 4.69) is 546 Å². The highest BCUT2D eigenvalue weighted by molar-refractivity contribution is 6.31. The molecule has 0 radical (unpaired) electrons. The highest BCUT2D eigenvalue weighted by Crippen LogP contribution is 2.52. The molecule has 0 aliphatic heterocycles. The summed E-state index contributed by atoms with van der Waals surface area (Å²) in [4.78, 5) is 5.15. The molecule has 9 heteroatoms. The number of aromatic nitrogens is 9. The Morgan fingerprint density at radius 2 is 0.350 bits per heavy atom. The van der Waals surface area contributed by atoms with Gasteiger partial charge in [0.1, 0.15) is 5.82 Å². The average molecular weight is 1790 g/mol. The van der Waals surface area contributed by atoms with Crippen molar-refractivity contribution in [3.63, 3.8) is 0 Å². The second-order valence-electron chi connectivity index (χ2n) is 36.3. The van der Waals surface area contributed by atoms with Crippen LogP contribution < -0.4 is 0 Å². The Kier molecular flexibility index (Phi) is 18.5. The Labute approximate surface area is 805 Å². The molecule has 140 heavy (non-hydrogen) atoms. The normalized spacial score (nSPS) is 11.9. The molecule has 30 aromatic rings. The Balaban J connectivity index is 0.000000104. The first-order valence-electron chi connectivity index (χ1n) is 48.0. The minimum atomic E-state index is 0.916. The molecule has 0 saturated heterocycles. The molecule has 9 nitrogen and oxygen atoms in total. The third-order valence-corrected chi connectivity index (χ3v) is 28.7. The Bertz CT molecular complexity index is 9810. The summed E-state index contributed by atoms with van der Waals surface area (Å²) in [6.07, 6.45) is 0. The second-order valence-corrected chi connectivity index (χ2v) is 36.3. The number of hydrogen-bond donors (Lipinski definition) is 0. The van der Waals surface area contributed by atoms with Gasteiger partial charge in [-0.2, -0.15) is 0 Å². The molecule has 0 amide bonds. The Hall–Kier alpha value is -18.8. The van der Waals surface area contributed by atoms with Gasteiger partial charge in [0, 0.05) is 143 Å². The van der Waals surface area contributed by atoms with Gasteiger partial charge in [-0.25, -0.2) is 4.98 Å². The molecular formula is C131H85N9. The summed E-state index contributed by atoms with van der Waals surface area (Å²) < 4.78 is 19.3. The maximum Gasteiger partial charge on any atom is 0.138 e. The lowest BCUT2D eigenvalue weighted by Crippen LogP contribution is -1.99. The summed E-state index contributed by atoms with van der Waals surface area (Å²) in [6, 6.07) is 186. The van der Waals surface area contributed by atoms with Gasteiger partial charge in [0.15, 0.2) is 0 Å². The molecule has 0 bridgehead atoms. The first kappa shape index (κ1) is 79.7. The van der Waals surface area contributed by atoms with Gasteiger partial charge in [-0.05, 0) is 193 Å². The number of hydrogen-bond acceptors (Lipinski definition) is 1. The zero-order chi connectivity index (χ0) is 92.0. The van der Waals surface area contributed by atoms with Gasteiger partial charge in [-0.3, -0.25) is 4.57 Å². The summed E-state index contributed by atoms with van der Waals surface area (Å²) in [5, 5.41) is 20.1. The monoisotopic (exact) mass is 1780 g/mol.